The second-order valence-corrected chi connectivity index (χ2v) is 5.98. The zero-order chi connectivity index (χ0) is 15.7. The van der Waals surface area contributed by atoms with E-state index >= 15 is 0 Å². The molecule has 0 spiro atoms. The maximum absolute atomic E-state index is 6.41. The zero-order valence-corrected chi connectivity index (χ0v) is 15.0. The van der Waals surface area contributed by atoms with Crippen LogP contribution in [-0.4, -0.2) is 31.9 Å². The van der Waals surface area contributed by atoms with E-state index in [4.69, 9.17) is 21.3 Å². The van der Waals surface area contributed by atoms with Crippen molar-refractivity contribution in [3.63, 3.8) is 0 Å². The van der Waals surface area contributed by atoms with E-state index in [0.29, 0.717) is 0 Å². The molecule has 0 fully saturated rings. The predicted octanol–water partition coefficient (Wildman–Crippen LogP) is 4.38. The van der Waals surface area contributed by atoms with E-state index in [0.717, 1.165) is 34.2 Å². The number of rotatable bonds is 2. The molecule has 0 bridgehead atoms. The molecule has 1 aliphatic rings. The Morgan fingerprint density at radius 2 is 1.78 bits per heavy atom. The molecule has 0 radical (unpaired) electrons. The van der Waals surface area contributed by atoms with Gasteiger partial charge in [-0.15, -0.1) is 12.4 Å². The van der Waals surface area contributed by atoms with Crippen molar-refractivity contribution in [2.45, 2.75) is 12.5 Å². The quantitative estimate of drug-likeness (QED) is 0.802. The Morgan fingerprint density at radius 3 is 2.43 bits per heavy atom. The summed E-state index contributed by atoms with van der Waals surface area (Å²) in [6.07, 6.45) is 0.771. The fourth-order valence-corrected chi connectivity index (χ4v) is 3.09. The lowest BCUT2D eigenvalue weighted by Gasteiger charge is -2.29. The maximum Gasteiger partial charge on any atom is 0.122 e. The third kappa shape index (κ3) is 3.31. The van der Waals surface area contributed by atoms with Crippen molar-refractivity contribution in [2.24, 2.45) is 4.99 Å². The van der Waals surface area contributed by atoms with Crippen LogP contribution >= 0.6 is 24.0 Å². The number of halogens is 2. The first-order valence-corrected chi connectivity index (χ1v) is 7.63. The van der Waals surface area contributed by atoms with Crippen LogP contribution in [0.5, 0.6) is 5.75 Å². The summed E-state index contributed by atoms with van der Waals surface area (Å²) in [6.45, 7) is 0. The van der Waals surface area contributed by atoms with Crippen LogP contribution < -0.4 is 4.74 Å². The maximum atomic E-state index is 6.41. The Balaban J connectivity index is 0.00000192. The Kier molecular flexibility index (Phi) is 5.55. The number of hydrogen-bond donors (Lipinski definition) is 0. The fraction of sp³-hybridized carbons (Fsp3) is 0.278. The van der Waals surface area contributed by atoms with Crippen molar-refractivity contribution in [1.82, 2.24) is 4.90 Å². The van der Waals surface area contributed by atoms with Crippen LogP contribution in [0.2, 0.25) is 5.02 Å². The van der Waals surface area contributed by atoms with Gasteiger partial charge in [-0.3, -0.25) is 4.99 Å². The van der Waals surface area contributed by atoms with E-state index < -0.39 is 0 Å². The Bertz CT molecular complexity index is 729. The summed E-state index contributed by atoms with van der Waals surface area (Å²) in [5, 5.41) is 0.741. The van der Waals surface area contributed by atoms with Crippen LogP contribution in [0.15, 0.2) is 47.5 Å². The molecule has 0 saturated carbocycles. The van der Waals surface area contributed by atoms with Crippen molar-refractivity contribution in [2.75, 3.05) is 21.2 Å². The molecule has 0 N–H and O–H groups in total. The van der Waals surface area contributed by atoms with Gasteiger partial charge < -0.3 is 9.64 Å². The van der Waals surface area contributed by atoms with Crippen LogP contribution in [-0.2, 0) is 6.42 Å². The molecule has 122 valence electrons. The number of hydrogen-bond acceptors (Lipinski definition) is 3. The van der Waals surface area contributed by atoms with Crippen LogP contribution in [0.4, 0.5) is 0 Å². The first kappa shape index (κ1) is 17.6. The van der Waals surface area contributed by atoms with Gasteiger partial charge in [-0.2, -0.15) is 0 Å². The van der Waals surface area contributed by atoms with Crippen molar-refractivity contribution in [1.29, 1.82) is 0 Å². The molecule has 0 amide bonds. The predicted molar refractivity (Wildman–Crippen MR) is 98.4 cm³/mol. The first-order valence-electron chi connectivity index (χ1n) is 7.26. The molecule has 3 rings (SSSR count). The monoisotopic (exact) mass is 350 g/mol. The molecule has 0 saturated heterocycles. The van der Waals surface area contributed by atoms with Crippen LogP contribution in [0.25, 0.3) is 0 Å². The van der Waals surface area contributed by atoms with Gasteiger partial charge in [-0.1, -0.05) is 41.9 Å². The third-order valence-corrected chi connectivity index (χ3v) is 4.36. The molecule has 1 aliphatic heterocycles. The molecule has 3 nitrogen and oxygen atoms in total. The largest absolute Gasteiger partial charge is 0.496 e. The van der Waals surface area contributed by atoms with E-state index in [1.54, 1.807) is 7.11 Å². The number of methoxy groups -OCH3 is 1. The lowest BCUT2D eigenvalue weighted by atomic mass is 9.90. The van der Waals surface area contributed by atoms with Gasteiger partial charge in [0.15, 0.2) is 0 Å². The molecule has 5 heteroatoms. The number of aliphatic imine (C=N–C) groups is 1. The highest BCUT2D eigenvalue weighted by molar-refractivity contribution is 6.31. The van der Waals surface area contributed by atoms with Crippen LogP contribution in [0.3, 0.4) is 0 Å². The molecule has 1 unspecified atom stereocenters. The summed E-state index contributed by atoms with van der Waals surface area (Å²) in [6, 6.07) is 13.9. The Hall–Kier alpha value is -1.71. The smallest absolute Gasteiger partial charge is 0.122 e. The van der Waals surface area contributed by atoms with E-state index in [9.17, 15) is 0 Å². The van der Waals surface area contributed by atoms with E-state index in [1.807, 2.05) is 50.5 Å². The number of fused-ring (bicyclic) bond motifs is 1. The summed E-state index contributed by atoms with van der Waals surface area (Å²) in [7, 11) is 5.74. The topological polar surface area (TPSA) is 24.8 Å². The third-order valence-electron chi connectivity index (χ3n) is 4.01. The highest BCUT2D eigenvalue weighted by atomic mass is 35.5. The summed E-state index contributed by atoms with van der Waals surface area (Å²) >= 11 is 6.41. The van der Waals surface area contributed by atoms with Gasteiger partial charge in [-0.05, 0) is 23.3 Å². The van der Waals surface area contributed by atoms with Crippen molar-refractivity contribution < 1.29 is 4.74 Å². The second-order valence-electron chi connectivity index (χ2n) is 5.57. The molecule has 2 aromatic rings. The lowest BCUT2D eigenvalue weighted by molar-refractivity contribution is 0.408. The average Bonchev–Trinajstić information content (AvgIpc) is 2.53. The van der Waals surface area contributed by atoms with Crippen molar-refractivity contribution in [3.8, 4) is 5.75 Å². The second kappa shape index (κ2) is 7.24. The van der Waals surface area contributed by atoms with Gasteiger partial charge in [0.2, 0.25) is 0 Å². The molecule has 2 aromatic carbocycles. The van der Waals surface area contributed by atoms with Crippen molar-refractivity contribution >= 4 is 29.8 Å². The van der Waals surface area contributed by atoms with Gasteiger partial charge in [0.25, 0.3) is 0 Å². The summed E-state index contributed by atoms with van der Waals surface area (Å²) in [5.41, 5.74) is 3.38. The van der Waals surface area contributed by atoms with Crippen molar-refractivity contribution in [3.05, 3.63) is 64.2 Å². The first-order chi connectivity index (χ1) is 10.6. The summed E-state index contributed by atoms with van der Waals surface area (Å²) in [5.74, 6) is 1.94. The van der Waals surface area contributed by atoms with E-state index in [-0.39, 0.29) is 18.4 Å². The highest BCUT2D eigenvalue weighted by Crippen LogP contribution is 2.39. The Morgan fingerprint density at radius 1 is 1.09 bits per heavy atom. The van der Waals surface area contributed by atoms with Gasteiger partial charge >= 0.3 is 0 Å². The van der Waals surface area contributed by atoms with Crippen LogP contribution in [0, 0.1) is 0 Å². The van der Waals surface area contributed by atoms with Gasteiger partial charge in [0, 0.05) is 31.1 Å². The molecular formula is C18H20Cl2N2O. The van der Waals surface area contributed by atoms with Crippen LogP contribution in [0.1, 0.15) is 22.7 Å². The standard InChI is InChI=1S/C18H19ClN2O.ClH/c1-21(2)17-11-14-12(8-6-10-16(14)22-3)18(20-17)13-7-4-5-9-15(13)19;/h4-10,18H,11H2,1-3H3;1H. The minimum atomic E-state index is -0.0926. The number of benzene rings is 2. The van der Waals surface area contributed by atoms with E-state index in [2.05, 4.69) is 11.0 Å². The molecule has 23 heavy (non-hydrogen) atoms. The fourth-order valence-electron chi connectivity index (χ4n) is 2.85. The zero-order valence-electron chi connectivity index (χ0n) is 13.4. The SMILES string of the molecule is COc1cccc2c1CC(N(C)C)=NC2c1ccccc1Cl.Cl. The number of likely N-dealkylation sites (N-methyl/N-ethyl adjacent to an activating group) is 1. The average molecular weight is 351 g/mol. The lowest BCUT2D eigenvalue weighted by Crippen LogP contribution is -2.29. The molecule has 0 aliphatic carbocycles. The van der Waals surface area contributed by atoms with Gasteiger partial charge in [0.1, 0.15) is 17.6 Å². The number of ether oxygens (including phenoxy) is 1. The normalized spacial score (nSPS) is 16.0. The number of amidine groups is 1. The molecule has 1 heterocycles. The summed E-state index contributed by atoms with van der Waals surface area (Å²) < 4.78 is 5.55. The minimum Gasteiger partial charge on any atom is -0.496 e. The molecule has 1 atom stereocenters. The molecular weight excluding hydrogens is 331 g/mol. The van der Waals surface area contributed by atoms with Gasteiger partial charge in [-0.25, -0.2) is 0 Å². The highest BCUT2D eigenvalue weighted by Gasteiger charge is 2.27. The molecule has 0 aromatic heterocycles. The minimum absolute atomic E-state index is 0. The number of nitrogens with zero attached hydrogens (tertiary/aromatic N) is 2. The van der Waals surface area contributed by atoms with Gasteiger partial charge in [0.05, 0.1) is 7.11 Å². The van der Waals surface area contributed by atoms with E-state index in [1.165, 1.54) is 5.56 Å². The Labute approximate surface area is 148 Å². The summed E-state index contributed by atoms with van der Waals surface area (Å²) in [4.78, 5) is 6.99.